The first-order valence-electron chi connectivity index (χ1n) is 6.74. The first kappa shape index (κ1) is 14.2. The second-order valence-electron chi connectivity index (χ2n) is 4.91. The molecule has 1 fully saturated rings. The predicted molar refractivity (Wildman–Crippen MR) is 75.0 cm³/mol. The molecular weight excluding hydrogens is 242 g/mol. The average molecular weight is 265 g/mol. The Bertz CT molecular complexity index is 414. The quantitative estimate of drug-likeness (QED) is 0.855. The lowest BCUT2D eigenvalue weighted by Gasteiger charge is -2.17. The summed E-state index contributed by atoms with van der Waals surface area (Å²) in [6, 6.07) is 4.65. The summed E-state index contributed by atoms with van der Waals surface area (Å²) < 4.78 is 16.1. The van der Waals surface area contributed by atoms with Gasteiger partial charge in [0.1, 0.15) is 11.5 Å². The van der Waals surface area contributed by atoms with E-state index in [1.165, 1.54) is 18.4 Å². The Balaban J connectivity index is 2.25. The number of benzene rings is 1. The number of rotatable bonds is 6. The molecule has 0 aliphatic carbocycles. The molecule has 1 aromatic rings. The molecule has 0 bridgehead atoms. The standard InChI is InChI=1S/C15H23NO3/c1-17-10-12-7-11(8-13-5-4-6-16-13)14(18-2)9-15(12)19-3/h7,9,13,16H,4-6,8,10H2,1-3H3. The third kappa shape index (κ3) is 3.39. The van der Waals surface area contributed by atoms with Gasteiger partial charge in [0.25, 0.3) is 0 Å². The highest BCUT2D eigenvalue weighted by molar-refractivity contribution is 5.47. The summed E-state index contributed by atoms with van der Waals surface area (Å²) in [5.74, 6) is 1.72. The maximum Gasteiger partial charge on any atom is 0.128 e. The van der Waals surface area contributed by atoms with Gasteiger partial charge in [-0.1, -0.05) is 0 Å². The zero-order chi connectivity index (χ0) is 13.7. The van der Waals surface area contributed by atoms with Crippen LogP contribution in [0.5, 0.6) is 11.5 Å². The van der Waals surface area contributed by atoms with Gasteiger partial charge in [0, 0.05) is 24.8 Å². The summed E-state index contributed by atoms with van der Waals surface area (Å²) >= 11 is 0. The molecule has 1 aliphatic rings. The Morgan fingerprint density at radius 2 is 1.84 bits per heavy atom. The number of ether oxygens (including phenoxy) is 3. The van der Waals surface area contributed by atoms with Gasteiger partial charge < -0.3 is 19.5 Å². The molecule has 1 atom stereocenters. The number of methoxy groups -OCH3 is 3. The van der Waals surface area contributed by atoms with Crippen molar-refractivity contribution in [1.29, 1.82) is 0 Å². The summed E-state index contributed by atoms with van der Waals surface area (Å²) in [7, 11) is 5.07. The van der Waals surface area contributed by atoms with Gasteiger partial charge in [-0.3, -0.25) is 0 Å². The van der Waals surface area contributed by atoms with Crippen molar-refractivity contribution in [2.24, 2.45) is 0 Å². The molecule has 1 heterocycles. The van der Waals surface area contributed by atoms with Crippen LogP contribution in [0.25, 0.3) is 0 Å². The van der Waals surface area contributed by atoms with Gasteiger partial charge in [-0.25, -0.2) is 0 Å². The minimum atomic E-state index is 0.553. The van der Waals surface area contributed by atoms with E-state index in [4.69, 9.17) is 14.2 Å². The van der Waals surface area contributed by atoms with Crippen LogP contribution >= 0.6 is 0 Å². The molecule has 1 aliphatic heterocycles. The lowest BCUT2D eigenvalue weighted by molar-refractivity contribution is 0.181. The number of hydrogen-bond donors (Lipinski definition) is 1. The lowest BCUT2D eigenvalue weighted by Crippen LogP contribution is -2.24. The van der Waals surface area contributed by atoms with Crippen LogP contribution in [0.3, 0.4) is 0 Å². The van der Waals surface area contributed by atoms with Gasteiger partial charge >= 0.3 is 0 Å². The average Bonchev–Trinajstić information content (AvgIpc) is 2.92. The first-order chi connectivity index (χ1) is 9.28. The maximum absolute atomic E-state index is 5.48. The van der Waals surface area contributed by atoms with E-state index in [0.29, 0.717) is 12.6 Å². The van der Waals surface area contributed by atoms with E-state index in [9.17, 15) is 0 Å². The van der Waals surface area contributed by atoms with Gasteiger partial charge in [-0.05, 0) is 37.4 Å². The second-order valence-corrected chi connectivity index (χ2v) is 4.91. The van der Waals surface area contributed by atoms with Gasteiger partial charge in [-0.2, -0.15) is 0 Å². The van der Waals surface area contributed by atoms with E-state index in [1.54, 1.807) is 21.3 Å². The molecule has 4 heteroatoms. The largest absolute Gasteiger partial charge is 0.496 e. The highest BCUT2D eigenvalue weighted by atomic mass is 16.5. The third-order valence-corrected chi connectivity index (χ3v) is 3.61. The minimum Gasteiger partial charge on any atom is -0.496 e. The lowest BCUT2D eigenvalue weighted by atomic mass is 10.0. The van der Waals surface area contributed by atoms with Gasteiger partial charge in [0.15, 0.2) is 0 Å². The second kappa shape index (κ2) is 6.78. The van der Waals surface area contributed by atoms with Crippen molar-refractivity contribution in [3.63, 3.8) is 0 Å². The molecule has 0 spiro atoms. The van der Waals surface area contributed by atoms with E-state index in [-0.39, 0.29) is 0 Å². The van der Waals surface area contributed by atoms with Crippen molar-refractivity contribution in [1.82, 2.24) is 5.32 Å². The molecule has 0 saturated carbocycles. The fourth-order valence-electron chi connectivity index (χ4n) is 2.66. The van der Waals surface area contributed by atoms with Crippen LogP contribution in [-0.4, -0.2) is 33.9 Å². The van der Waals surface area contributed by atoms with E-state index in [2.05, 4.69) is 11.4 Å². The zero-order valence-electron chi connectivity index (χ0n) is 12.0. The molecule has 1 aromatic carbocycles. The predicted octanol–water partition coefficient (Wildman–Crippen LogP) is 2.14. The molecule has 1 unspecified atom stereocenters. The van der Waals surface area contributed by atoms with Crippen molar-refractivity contribution in [3.05, 3.63) is 23.3 Å². The smallest absolute Gasteiger partial charge is 0.128 e. The zero-order valence-corrected chi connectivity index (χ0v) is 12.0. The molecule has 106 valence electrons. The summed E-state index contributed by atoms with van der Waals surface area (Å²) in [6.45, 7) is 1.67. The Morgan fingerprint density at radius 3 is 2.42 bits per heavy atom. The van der Waals surface area contributed by atoms with Crippen LogP contribution in [0.1, 0.15) is 24.0 Å². The van der Waals surface area contributed by atoms with E-state index < -0.39 is 0 Å². The Kier molecular flexibility index (Phi) is 5.05. The number of hydrogen-bond acceptors (Lipinski definition) is 4. The van der Waals surface area contributed by atoms with Crippen LogP contribution in [-0.2, 0) is 17.8 Å². The number of nitrogens with one attached hydrogen (secondary N) is 1. The maximum atomic E-state index is 5.48. The van der Waals surface area contributed by atoms with Crippen LogP contribution in [0.2, 0.25) is 0 Å². The molecule has 0 aromatic heterocycles. The fraction of sp³-hybridized carbons (Fsp3) is 0.600. The van der Waals surface area contributed by atoms with Crippen molar-refractivity contribution >= 4 is 0 Å². The highest BCUT2D eigenvalue weighted by Crippen LogP contribution is 2.31. The molecule has 0 amide bonds. The van der Waals surface area contributed by atoms with E-state index in [1.807, 2.05) is 6.07 Å². The topological polar surface area (TPSA) is 39.7 Å². The summed E-state index contributed by atoms with van der Waals surface area (Å²) in [6.07, 6.45) is 3.48. The minimum absolute atomic E-state index is 0.553. The Labute approximate surface area is 115 Å². The van der Waals surface area contributed by atoms with Gasteiger partial charge in [-0.15, -0.1) is 0 Å². The summed E-state index contributed by atoms with van der Waals surface area (Å²) in [4.78, 5) is 0. The molecule has 4 nitrogen and oxygen atoms in total. The third-order valence-electron chi connectivity index (χ3n) is 3.61. The SMILES string of the molecule is COCc1cc(CC2CCCN2)c(OC)cc1OC. The molecule has 2 rings (SSSR count). The van der Waals surface area contributed by atoms with Crippen molar-refractivity contribution < 1.29 is 14.2 Å². The van der Waals surface area contributed by atoms with Crippen LogP contribution in [0.15, 0.2) is 12.1 Å². The molecule has 0 radical (unpaired) electrons. The Morgan fingerprint density at radius 1 is 1.11 bits per heavy atom. The van der Waals surface area contributed by atoms with Crippen LogP contribution in [0.4, 0.5) is 0 Å². The van der Waals surface area contributed by atoms with Gasteiger partial charge in [0.05, 0.1) is 20.8 Å². The van der Waals surface area contributed by atoms with Crippen LogP contribution in [0, 0.1) is 0 Å². The Hall–Kier alpha value is -1.26. The summed E-state index contributed by atoms with van der Waals surface area (Å²) in [5.41, 5.74) is 2.29. The molecular formula is C15H23NO3. The van der Waals surface area contributed by atoms with Crippen molar-refractivity contribution in [2.45, 2.75) is 31.9 Å². The van der Waals surface area contributed by atoms with Crippen molar-refractivity contribution in [2.75, 3.05) is 27.9 Å². The molecule has 19 heavy (non-hydrogen) atoms. The van der Waals surface area contributed by atoms with Gasteiger partial charge in [0.2, 0.25) is 0 Å². The normalized spacial score (nSPS) is 18.6. The first-order valence-corrected chi connectivity index (χ1v) is 6.74. The highest BCUT2D eigenvalue weighted by Gasteiger charge is 2.18. The molecule has 1 N–H and O–H groups in total. The fourth-order valence-corrected chi connectivity index (χ4v) is 2.66. The molecule has 1 saturated heterocycles. The summed E-state index contributed by atoms with van der Waals surface area (Å²) in [5, 5.41) is 3.52. The monoisotopic (exact) mass is 265 g/mol. The van der Waals surface area contributed by atoms with E-state index >= 15 is 0 Å². The van der Waals surface area contributed by atoms with Crippen LogP contribution < -0.4 is 14.8 Å². The van der Waals surface area contributed by atoms with E-state index in [0.717, 1.165) is 30.0 Å². The van der Waals surface area contributed by atoms with Crippen molar-refractivity contribution in [3.8, 4) is 11.5 Å².